The normalized spacial score (nSPS) is 12.7. The maximum atomic E-state index is 12.5. The molecular weight excluding hydrogens is 332 g/mol. The van der Waals surface area contributed by atoms with Crippen molar-refractivity contribution in [3.8, 4) is 5.75 Å². The minimum absolute atomic E-state index is 0.146. The molecule has 0 aliphatic heterocycles. The van der Waals surface area contributed by atoms with Gasteiger partial charge in [-0.1, -0.05) is 23.5 Å². The van der Waals surface area contributed by atoms with Gasteiger partial charge < -0.3 is 9.30 Å². The molecule has 2 aromatic carbocycles. The number of para-hydroxylation sites is 1. The number of sulfonamides is 1. The van der Waals surface area contributed by atoms with Gasteiger partial charge in [0.2, 0.25) is 4.80 Å². The molecule has 23 heavy (non-hydrogen) atoms. The van der Waals surface area contributed by atoms with Gasteiger partial charge in [-0.05, 0) is 42.8 Å². The summed E-state index contributed by atoms with van der Waals surface area (Å²) in [4.78, 5) is 0.595. The van der Waals surface area contributed by atoms with Crippen molar-refractivity contribution >= 4 is 31.6 Å². The lowest BCUT2D eigenvalue weighted by molar-refractivity contribution is 0.414. The number of fused-ring (bicyclic) bond motifs is 1. The fourth-order valence-electron chi connectivity index (χ4n) is 2.39. The van der Waals surface area contributed by atoms with Gasteiger partial charge in [0.25, 0.3) is 10.0 Å². The van der Waals surface area contributed by atoms with Gasteiger partial charge in [-0.2, -0.15) is 8.42 Å². The number of aromatic nitrogens is 1. The number of thiazole rings is 1. The van der Waals surface area contributed by atoms with Crippen LogP contribution in [0.4, 0.5) is 0 Å². The zero-order valence-corrected chi connectivity index (χ0v) is 14.6. The smallest absolute Gasteiger partial charge is 0.285 e. The van der Waals surface area contributed by atoms with Crippen LogP contribution in [0.1, 0.15) is 5.56 Å². The molecule has 0 fully saturated rings. The predicted octanol–water partition coefficient (Wildman–Crippen LogP) is 2.85. The highest BCUT2D eigenvalue weighted by Gasteiger charge is 2.14. The second-order valence-corrected chi connectivity index (χ2v) is 7.72. The lowest BCUT2D eigenvalue weighted by Gasteiger charge is -2.02. The first-order valence-corrected chi connectivity index (χ1v) is 9.18. The van der Waals surface area contributed by atoms with Crippen molar-refractivity contribution < 1.29 is 13.2 Å². The van der Waals surface area contributed by atoms with Crippen molar-refractivity contribution in [2.45, 2.75) is 11.8 Å². The Labute approximate surface area is 138 Å². The van der Waals surface area contributed by atoms with Crippen molar-refractivity contribution in [2.75, 3.05) is 7.11 Å². The molecule has 1 heterocycles. The molecule has 0 saturated carbocycles. The standard InChI is InChI=1S/C16H16N2O3S2/c1-11-5-4-6-14-15(11)18(2)16(22-14)17-23(19,20)13-9-7-12(21-3)8-10-13/h4-10H,1-3H3. The van der Waals surface area contributed by atoms with Crippen LogP contribution in [0.25, 0.3) is 10.2 Å². The second kappa shape index (κ2) is 5.82. The SMILES string of the molecule is COc1ccc(S(=O)(=O)N=c2sc3cccc(C)c3n2C)cc1. The van der Waals surface area contributed by atoms with Crippen LogP contribution >= 0.6 is 11.3 Å². The minimum Gasteiger partial charge on any atom is -0.497 e. The Hall–Kier alpha value is -2.12. The van der Waals surface area contributed by atoms with E-state index < -0.39 is 10.0 Å². The Balaban J connectivity index is 2.16. The van der Waals surface area contributed by atoms with Gasteiger partial charge in [0.15, 0.2) is 0 Å². The molecule has 0 saturated heterocycles. The molecule has 5 nitrogen and oxygen atoms in total. The highest BCUT2D eigenvalue weighted by atomic mass is 32.2. The molecule has 0 amide bonds. The zero-order chi connectivity index (χ0) is 16.6. The van der Waals surface area contributed by atoms with E-state index >= 15 is 0 Å². The van der Waals surface area contributed by atoms with Crippen LogP contribution < -0.4 is 9.54 Å². The van der Waals surface area contributed by atoms with Gasteiger partial charge in [-0.25, -0.2) is 0 Å². The summed E-state index contributed by atoms with van der Waals surface area (Å²) >= 11 is 1.36. The first kappa shape index (κ1) is 15.8. The molecule has 0 spiro atoms. The highest BCUT2D eigenvalue weighted by Crippen LogP contribution is 2.21. The number of ether oxygens (including phenoxy) is 1. The predicted molar refractivity (Wildman–Crippen MR) is 91.3 cm³/mol. The van der Waals surface area contributed by atoms with E-state index in [-0.39, 0.29) is 4.90 Å². The lowest BCUT2D eigenvalue weighted by atomic mass is 10.2. The van der Waals surface area contributed by atoms with Crippen LogP contribution in [0.15, 0.2) is 51.8 Å². The molecule has 0 bridgehead atoms. The van der Waals surface area contributed by atoms with Gasteiger partial charge >= 0.3 is 0 Å². The number of nitrogens with zero attached hydrogens (tertiary/aromatic N) is 2. The molecule has 0 aliphatic carbocycles. The third-order valence-corrected chi connectivity index (χ3v) is 6.07. The molecule has 0 unspecified atom stereocenters. The average molecular weight is 348 g/mol. The van der Waals surface area contributed by atoms with Crippen LogP contribution in [-0.4, -0.2) is 20.1 Å². The Bertz CT molecular complexity index is 1030. The Morgan fingerprint density at radius 2 is 1.83 bits per heavy atom. The maximum Gasteiger partial charge on any atom is 0.285 e. The number of benzene rings is 2. The van der Waals surface area contributed by atoms with E-state index in [9.17, 15) is 8.42 Å². The van der Waals surface area contributed by atoms with Gasteiger partial charge in [0.1, 0.15) is 5.75 Å². The lowest BCUT2D eigenvalue weighted by Crippen LogP contribution is -2.14. The van der Waals surface area contributed by atoms with Crippen LogP contribution in [0.5, 0.6) is 5.75 Å². The van der Waals surface area contributed by atoms with E-state index in [0.717, 1.165) is 15.8 Å². The summed E-state index contributed by atoms with van der Waals surface area (Å²) in [5.41, 5.74) is 2.09. The number of aryl methyl sites for hydroxylation is 2. The maximum absolute atomic E-state index is 12.5. The van der Waals surface area contributed by atoms with Gasteiger partial charge in [-0.15, -0.1) is 4.40 Å². The number of methoxy groups -OCH3 is 1. The average Bonchev–Trinajstić information content (AvgIpc) is 2.84. The van der Waals surface area contributed by atoms with Crippen LogP contribution in [0.2, 0.25) is 0 Å². The molecule has 1 aromatic heterocycles. The van der Waals surface area contributed by atoms with Gasteiger partial charge in [-0.3, -0.25) is 0 Å². The van der Waals surface area contributed by atoms with E-state index in [2.05, 4.69) is 4.40 Å². The van der Waals surface area contributed by atoms with Crippen molar-refractivity contribution in [1.82, 2.24) is 4.57 Å². The third-order valence-electron chi connectivity index (χ3n) is 3.58. The van der Waals surface area contributed by atoms with Crippen LogP contribution in [-0.2, 0) is 17.1 Å². The van der Waals surface area contributed by atoms with E-state index in [1.54, 1.807) is 12.1 Å². The summed E-state index contributed by atoms with van der Waals surface area (Å²) in [5, 5.41) is 0. The number of rotatable bonds is 3. The summed E-state index contributed by atoms with van der Waals surface area (Å²) in [5.74, 6) is 0.604. The molecular formula is C16H16N2O3S2. The number of hydrogen-bond acceptors (Lipinski definition) is 4. The fraction of sp³-hybridized carbons (Fsp3) is 0.188. The highest BCUT2D eigenvalue weighted by molar-refractivity contribution is 7.90. The van der Waals surface area contributed by atoms with Crippen molar-refractivity contribution in [1.29, 1.82) is 0 Å². The summed E-state index contributed by atoms with van der Waals surface area (Å²) in [6.45, 7) is 2.00. The summed E-state index contributed by atoms with van der Waals surface area (Å²) < 4.78 is 36.9. The molecule has 3 aromatic rings. The molecule has 0 atom stereocenters. The number of hydrogen-bond donors (Lipinski definition) is 0. The monoisotopic (exact) mass is 348 g/mol. The minimum atomic E-state index is -3.76. The first-order chi connectivity index (χ1) is 10.9. The Kier molecular flexibility index (Phi) is 3.99. The Morgan fingerprint density at radius 3 is 2.43 bits per heavy atom. The Morgan fingerprint density at radius 1 is 1.13 bits per heavy atom. The van der Waals surface area contributed by atoms with E-state index in [1.165, 1.54) is 30.6 Å². The molecule has 0 N–H and O–H groups in total. The van der Waals surface area contributed by atoms with Crippen LogP contribution in [0, 0.1) is 6.92 Å². The van der Waals surface area contributed by atoms with Crippen LogP contribution in [0.3, 0.4) is 0 Å². The fourth-order valence-corrected chi connectivity index (χ4v) is 4.71. The quantitative estimate of drug-likeness (QED) is 0.731. The molecule has 120 valence electrons. The summed E-state index contributed by atoms with van der Waals surface area (Å²) in [7, 11) is -0.400. The van der Waals surface area contributed by atoms with Gasteiger partial charge in [0, 0.05) is 7.05 Å². The molecule has 7 heteroatoms. The van der Waals surface area contributed by atoms with Crippen molar-refractivity contribution in [2.24, 2.45) is 11.4 Å². The van der Waals surface area contributed by atoms with Gasteiger partial charge in [0.05, 0.1) is 22.2 Å². The van der Waals surface area contributed by atoms with Crippen molar-refractivity contribution in [3.05, 3.63) is 52.8 Å². The summed E-state index contributed by atoms with van der Waals surface area (Å²) in [6.07, 6.45) is 0. The molecule has 0 aliphatic rings. The van der Waals surface area contributed by atoms with E-state index in [0.29, 0.717) is 10.6 Å². The molecule has 3 rings (SSSR count). The largest absolute Gasteiger partial charge is 0.497 e. The molecule has 0 radical (unpaired) electrons. The van der Waals surface area contributed by atoms with E-state index in [1.807, 2.05) is 36.7 Å². The topological polar surface area (TPSA) is 60.7 Å². The summed E-state index contributed by atoms with van der Waals surface area (Å²) in [6, 6.07) is 12.1. The van der Waals surface area contributed by atoms with Crippen molar-refractivity contribution in [3.63, 3.8) is 0 Å². The zero-order valence-electron chi connectivity index (χ0n) is 13.0. The van der Waals surface area contributed by atoms with E-state index in [4.69, 9.17) is 4.74 Å². The second-order valence-electron chi connectivity index (χ2n) is 5.11. The first-order valence-electron chi connectivity index (χ1n) is 6.92. The third kappa shape index (κ3) is 2.89.